The Labute approximate surface area is 90.7 Å². The number of aromatic nitrogens is 1. The van der Waals surface area contributed by atoms with Crippen molar-refractivity contribution >= 4 is 22.8 Å². The number of hydrogen-bond acceptors (Lipinski definition) is 4. The summed E-state index contributed by atoms with van der Waals surface area (Å²) in [6.07, 6.45) is -2.43. The molecule has 0 unspecified atom stereocenters. The zero-order chi connectivity index (χ0) is 11.7. The molecule has 0 amide bonds. The van der Waals surface area contributed by atoms with E-state index in [9.17, 15) is 8.78 Å². The first-order valence-electron chi connectivity index (χ1n) is 4.71. The predicted molar refractivity (Wildman–Crippen MR) is 57.7 cm³/mol. The van der Waals surface area contributed by atoms with Gasteiger partial charge in [0, 0.05) is 12.7 Å². The third kappa shape index (κ3) is 2.05. The highest BCUT2D eigenvalue weighted by atomic mass is 19.3. The molecular weight excluding hydrogens is 216 g/mol. The standard InChI is InChI=1S/C10H11F2N3O/c1-15(5-9(11)12)10-14-7-4-6(13)2-3-8(7)16-10/h2-4,9H,5,13H2,1H3. The van der Waals surface area contributed by atoms with Crippen LogP contribution in [-0.2, 0) is 0 Å². The molecule has 4 nitrogen and oxygen atoms in total. The number of benzene rings is 1. The Hall–Kier alpha value is -1.85. The van der Waals surface area contributed by atoms with E-state index in [1.54, 1.807) is 18.2 Å². The first kappa shape index (κ1) is 10.7. The Balaban J connectivity index is 2.32. The van der Waals surface area contributed by atoms with Gasteiger partial charge in [-0.2, -0.15) is 4.98 Å². The van der Waals surface area contributed by atoms with Gasteiger partial charge in [0.25, 0.3) is 12.4 Å². The van der Waals surface area contributed by atoms with Crippen LogP contribution in [0.4, 0.5) is 20.5 Å². The van der Waals surface area contributed by atoms with Gasteiger partial charge in [0.15, 0.2) is 5.58 Å². The number of rotatable bonds is 3. The van der Waals surface area contributed by atoms with Crippen LogP contribution in [0.3, 0.4) is 0 Å². The molecular formula is C10H11F2N3O. The molecule has 0 saturated heterocycles. The second-order valence-electron chi connectivity index (χ2n) is 3.50. The van der Waals surface area contributed by atoms with E-state index in [-0.39, 0.29) is 6.01 Å². The molecule has 1 aromatic heterocycles. The molecule has 0 aliphatic rings. The minimum absolute atomic E-state index is 0.168. The van der Waals surface area contributed by atoms with Gasteiger partial charge in [0.05, 0.1) is 6.54 Å². The topological polar surface area (TPSA) is 55.3 Å². The molecule has 2 rings (SSSR count). The molecule has 0 saturated carbocycles. The molecule has 1 aromatic carbocycles. The molecule has 0 bridgehead atoms. The molecule has 1 heterocycles. The number of alkyl halides is 2. The van der Waals surface area contributed by atoms with Crippen molar-refractivity contribution in [2.45, 2.75) is 6.43 Å². The van der Waals surface area contributed by atoms with Gasteiger partial charge in [-0.3, -0.25) is 0 Å². The summed E-state index contributed by atoms with van der Waals surface area (Å²) in [4.78, 5) is 5.34. The highest BCUT2D eigenvalue weighted by molar-refractivity contribution is 5.78. The fourth-order valence-electron chi connectivity index (χ4n) is 1.38. The second kappa shape index (κ2) is 3.96. The summed E-state index contributed by atoms with van der Waals surface area (Å²) in [6.45, 7) is -0.414. The van der Waals surface area contributed by atoms with Crippen molar-refractivity contribution in [2.75, 3.05) is 24.2 Å². The van der Waals surface area contributed by atoms with Crippen LogP contribution in [0.2, 0.25) is 0 Å². The Kier molecular flexibility index (Phi) is 2.64. The van der Waals surface area contributed by atoms with Crippen LogP contribution >= 0.6 is 0 Å². The fourth-order valence-corrected chi connectivity index (χ4v) is 1.38. The predicted octanol–water partition coefficient (Wildman–Crippen LogP) is 2.11. The lowest BCUT2D eigenvalue weighted by Crippen LogP contribution is -2.24. The maximum atomic E-state index is 12.2. The maximum Gasteiger partial charge on any atom is 0.298 e. The molecule has 86 valence electrons. The summed E-state index contributed by atoms with van der Waals surface area (Å²) in [6, 6.07) is 5.14. The zero-order valence-corrected chi connectivity index (χ0v) is 8.65. The van der Waals surface area contributed by atoms with Crippen molar-refractivity contribution in [1.29, 1.82) is 0 Å². The second-order valence-corrected chi connectivity index (χ2v) is 3.50. The summed E-state index contributed by atoms with van der Waals surface area (Å²) in [5, 5.41) is 0. The molecule has 0 aliphatic carbocycles. The lowest BCUT2D eigenvalue weighted by atomic mass is 10.3. The summed E-state index contributed by atoms with van der Waals surface area (Å²) in [5.41, 5.74) is 7.23. The number of nitrogens with zero attached hydrogens (tertiary/aromatic N) is 2. The van der Waals surface area contributed by atoms with E-state index < -0.39 is 13.0 Å². The number of fused-ring (bicyclic) bond motifs is 1. The Bertz CT molecular complexity index is 498. The van der Waals surface area contributed by atoms with Crippen LogP contribution in [-0.4, -0.2) is 25.0 Å². The van der Waals surface area contributed by atoms with Crippen LogP contribution in [0.25, 0.3) is 11.1 Å². The summed E-state index contributed by atoms with van der Waals surface area (Å²) >= 11 is 0. The SMILES string of the molecule is CN(CC(F)F)c1nc2cc(N)ccc2o1. The molecule has 2 N–H and O–H groups in total. The van der Waals surface area contributed by atoms with E-state index in [0.717, 1.165) is 0 Å². The van der Waals surface area contributed by atoms with Gasteiger partial charge in [-0.1, -0.05) is 0 Å². The van der Waals surface area contributed by atoms with E-state index >= 15 is 0 Å². The third-order valence-electron chi connectivity index (χ3n) is 2.14. The van der Waals surface area contributed by atoms with E-state index in [1.807, 2.05) is 0 Å². The van der Waals surface area contributed by atoms with E-state index in [4.69, 9.17) is 10.2 Å². The maximum absolute atomic E-state index is 12.2. The summed E-state index contributed by atoms with van der Waals surface area (Å²) in [7, 11) is 1.50. The average molecular weight is 227 g/mol. The van der Waals surface area contributed by atoms with Crippen molar-refractivity contribution in [3.05, 3.63) is 18.2 Å². The minimum atomic E-state index is -2.43. The van der Waals surface area contributed by atoms with Gasteiger partial charge in [-0.25, -0.2) is 8.78 Å². The normalized spacial score (nSPS) is 11.2. The Morgan fingerprint density at radius 3 is 2.94 bits per heavy atom. The average Bonchev–Trinajstić information content (AvgIpc) is 2.59. The quantitative estimate of drug-likeness (QED) is 0.816. The van der Waals surface area contributed by atoms with Crippen LogP contribution in [0.5, 0.6) is 0 Å². The number of halogens is 2. The van der Waals surface area contributed by atoms with Crippen LogP contribution in [0.15, 0.2) is 22.6 Å². The molecule has 0 atom stereocenters. The third-order valence-corrected chi connectivity index (χ3v) is 2.14. The van der Waals surface area contributed by atoms with Crippen molar-refractivity contribution in [3.8, 4) is 0 Å². The lowest BCUT2D eigenvalue weighted by Gasteiger charge is -2.12. The minimum Gasteiger partial charge on any atom is -0.423 e. The first-order chi connectivity index (χ1) is 7.56. The van der Waals surface area contributed by atoms with Crippen molar-refractivity contribution in [2.24, 2.45) is 0 Å². The number of nitrogen functional groups attached to an aromatic ring is 1. The van der Waals surface area contributed by atoms with E-state index in [1.165, 1.54) is 11.9 Å². The molecule has 0 fully saturated rings. The van der Waals surface area contributed by atoms with Gasteiger partial charge in [-0.05, 0) is 18.2 Å². The monoisotopic (exact) mass is 227 g/mol. The van der Waals surface area contributed by atoms with Crippen LogP contribution in [0, 0.1) is 0 Å². The molecule has 2 aromatic rings. The smallest absolute Gasteiger partial charge is 0.298 e. The van der Waals surface area contributed by atoms with E-state index in [0.29, 0.717) is 16.8 Å². The molecule has 16 heavy (non-hydrogen) atoms. The highest BCUT2D eigenvalue weighted by Crippen LogP contribution is 2.23. The van der Waals surface area contributed by atoms with Crippen molar-refractivity contribution in [1.82, 2.24) is 4.98 Å². The van der Waals surface area contributed by atoms with Gasteiger partial charge in [0.2, 0.25) is 0 Å². The number of nitrogens with two attached hydrogens (primary N) is 1. The largest absolute Gasteiger partial charge is 0.423 e. The number of hydrogen-bond donors (Lipinski definition) is 1. The number of oxazole rings is 1. The molecule has 6 heteroatoms. The molecule has 0 radical (unpaired) electrons. The van der Waals surface area contributed by atoms with Gasteiger partial charge >= 0.3 is 0 Å². The lowest BCUT2D eigenvalue weighted by molar-refractivity contribution is 0.155. The fraction of sp³-hybridized carbons (Fsp3) is 0.300. The Morgan fingerprint density at radius 2 is 2.25 bits per heavy atom. The molecule has 0 spiro atoms. The van der Waals surface area contributed by atoms with Crippen LogP contribution < -0.4 is 10.6 Å². The summed E-state index contributed by atoms with van der Waals surface area (Å²) in [5.74, 6) is 0. The highest BCUT2D eigenvalue weighted by Gasteiger charge is 2.14. The summed E-state index contributed by atoms with van der Waals surface area (Å²) < 4.78 is 29.6. The van der Waals surface area contributed by atoms with Crippen molar-refractivity contribution in [3.63, 3.8) is 0 Å². The van der Waals surface area contributed by atoms with Crippen molar-refractivity contribution < 1.29 is 13.2 Å². The van der Waals surface area contributed by atoms with Gasteiger partial charge in [-0.15, -0.1) is 0 Å². The Morgan fingerprint density at radius 1 is 1.50 bits per heavy atom. The van der Waals surface area contributed by atoms with Crippen LogP contribution in [0.1, 0.15) is 0 Å². The zero-order valence-electron chi connectivity index (χ0n) is 8.65. The number of anilines is 2. The first-order valence-corrected chi connectivity index (χ1v) is 4.71. The molecule has 0 aliphatic heterocycles. The van der Waals surface area contributed by atoms with Gasteiger partial charge in [0.1, 0.15) is 5.52 Å². The van der Waals surface area contributed by atoms with Gasteiger partial charge < -0.3 is 15.1 Å². The van der Waals surface area contributed by atoms with E-state index in [2.05, 4.69) is 4.98 Å².